The molecule has 1 aromatic rings. The molecule has 1 N–H and O–H groups in total. The Morgan fingerprint density at radius 1 is 1.56 bits per heavy atom. The summed E-state index contributed by atoms with van der Waals surface area (Å²) in [5.74, 6) is -1.01. The van der Waals surface area contributed by atoms with Crippen LogP contribution in [0, 0.1) is 5.41 Å². The van der Waals surface area contributed by atoms with E-state index in [1.165, 1.54) is 0 Å². The number of fused-ring (bicyclic) bond motifs is 1. The molecule has 3 nitrogen and oxygen atoms in total. The number of aryl methyl sites for hydroxylation is 1. The number of rotatable bonds is 1. The number of hydrogen-bond donors (Lipinski definition) is 1. The highest BCUT2D eigenvalue weighted by Crippen LogP contribution is 2.35. The van der Waals surface area contributed by atoms with Gasteiger partial charge in [-0.1, -0.05) is 25.4 Å². The molecule has 0 bridgehead atoms. The van der Waals surface area contributed by atoms with Gasteiger partial charge in [0.25, 0.3) is 0 Å². The van der Waals surface area contributed by atoms with Crippen molar-refractivity contribution in [2.24, 2.45) is 5.41 Å². The summed E-state index contributed by atoms with van der Waals surface area (Å²) in [5, 5.41) is 9.08. The molecule has 1 aromatic heterocycles. The van der Waals surface area contributed by atoms with Crippen molar-refractivity contribution in [3.63, 3.8) is 0 Å². The fourth-order valence-electron chi connectivity index (χ4n) is 2.15. The van der Waals surface area contributed by atoms with E-state index >= 15 is 0 Å². The van der Waals surface area contributed by atoms with Crippen molar-refractivity contribution in [1.29, 1.82) is 0 Å². The van der Waals surface area contributed by atoms with E-state index in [0.29, 0.717) is 0 Å². The third kappa shape index (κ3) is 2.05. The summed E-state index contributed by atoms with van der Waals surface area (Å²) in [6, 6.07) is 1.67. The van der Waals surface area contributed by atoms with E-state index in [9.17, 15) is 4.79 Å². The van der Waals surface area contributed by atoms with Gasteiger partial charge < -0.3 is 5.11 Å². The van der Waals surface area contributed by atoms with E-state index < -0.39 is 5.97 Å². The number of carboxylic acid groups (broad SMARTS) is 1. The minimum Gasteiger partial charge on any atom is -0.478 e. The molecule has 0 radical (unpaired) electrons. The van der Waals surface area contributed by atoms with Crippen LogP contribution in [0.5, 0.6) is 0 Å². The summed E-state index contributed by atoms with van der Waals surface area (Å²) in [6.07, 6.45) is 2.81. The predicted octanol–water partition coefficient (Wildman–Crippen LogP) is 2.95. The standard InChI is InChI=1S/C12H14ClNO2/c1-12(2)4-3-9-7(6-12)5-8(11(15)16)10(13)14-9/h5H,3-4,6H2,1-2H3,(H,15,16). The fourth-order valence-corrected chi connectivity index (χ4v) is 2.39. The van der Waals surface area contributed by atoms with E-state index in [1.807, 2.05) is 0 Å². The Bertz CT molecular complexity index is 455. The van der Waals surface area contributed by atoms with Crippen LogP contribution in [-0.4, -0.2) is 16.1 Å². The Morgan fingerprint density at radius 2 is 2.25 bits per heavy atom. The van der Waals surface area contributed by atoms with Crippen molar-refractivity contribution in [3.05, 3.63) is 28.0 Å². The second-order valence-electron chi connectivity index (χ2n) is 5.08. The SMILES string of the molecule is CC1(C)CCc2nc(Cl)c(C(=O)O)cc2C1. The molecular formula is C12H14ClNO2. The van der Waals surface area contributed by atoms with E-state index in [1.54, 1.807) is 6.07 Å². The highest BCUT2D eigenvalue weighted by Gasteiger charge is 2.27. The van der Waals surface area contributed by atoms with Crippen LogP contribution in [0.2, 0.25) is 5.15 Å². The minimum atomic E-state index is -1.01. The lowest BCUT2D eigenvalue weighted by molar-refractivity contribution is 0.0696. The van der Waals surface area contributed by atoms with Crippen molar-refractivity contribution < 1.29 is 9.90 Å². The molecule has 16 heavy (non-hydrogen) atoms. The first-order valence-electron chi connectivity index (χ1n) is 5.31. The Kier molecular flexibility index (Phi) is 2.66. The van der Waals surface area contributed by atoms with Gasteiger partial charge in [0, 0.05) is 5.69 Å². The topological polar surface area (TPSA) is 50.2 Å². The zero-order valence-electron chi connectivity index (χ0n) is 9.38. The molecule has 0 saturated carbocycles. The first-order valence-corrected chi connectivity index (χ1v) is 5.68. The molecule has 0 amide bonds. The first-order chi connectivity index (χ1) is 7.39. The fraction of sp³-hybridized carbons (Fsp3) is 0.500. The molecule has 1 heterocycles. The molecule has 0 aromatic carbocycles. The summed E-state index contributed by atoms with van der Waals surface area (Å²) in [5.41, 5.74) is 2.31. The lowest BCUT2D eigenvalue weighted by Crippen LogP contribution is -2.23. The van der Waals surface area contributed by atoms with Gasteiger partial charge in [0.15, 0.2) is 0 Å². The number of nitrogens with zero attached hydrogens (tertiary/aromatic N) is 1. The van der Waals surface area contributed by atoms with Gasteiger partial charge in [-0.25, -0.2) is 9.78 Å². The monoisotopic (exact) mass is 239 g/mol. The van der Waals surface area contributed by atoms with Gasteiger partial charge in [0.1, 0.15) is 5.15 Å². The molecule has 0 spiro atoms. The van der Waals surface area contributed by atoms with Crippen LogP contribution in [0.1, 0.15) is 41.9 Å². The quantitative estimate of drug-likeness (QED) is 0.767. The van der Waals surface area contributed by atoms with Crippen LogP contribution in [0.15, 0.2) is 6.07 Å². The van der Waals surface area contributed by atoms with Gasteiger partial charge in [-0.15, -0.1) is 0 Å². The van der Waals surface area contributed by atoms with Gasteiger partial charge in [-0.05, 0) is 36.3 Å². The van der Waals surface area contributed by atoms with Crippen molar-refractivity contribution in [1.82, 2.24) is 4.98 Å². The number of carboxylic acids is 1. The van der Waals surface area contributed by atoms with Gasteiger partial charge in [0.05, 0.1) is 5.56 Å². The molecule has 0 atom stereocenters. The number of hydrogen-bond acceptors (Lipinski definition) is 2. The number of aromatic carboxylic acids is 1. The average Bonchev–Trinajstić information content (AvgIpc) is 2.16. The van der Waals surface area contributed by atoms with Crippen molar-refractivity contribution in [3.8, 4) is 0 Å². The van der Waals surface area contributed by atoms with Crippen LogP contribution in [0.3, 0.4) is 0 Å². The molecule has 86 valence electrons. The van der Waals surface area contributed by atoms with E-state index in [0.717, 1.165) is 30.5 Å². The summed E-state index contributed by atoms with van der Waals surface area (Å²) in [7, 11) is 0. The van der Waals surface area contributed by atoms with Crippen LogP contribution in [0.4, 0.5) is 0 Å². The number of carbonyl (C=O) groups is 1. The molecule has 4 heteroatoms. The maximum absolute atomic E-state index is 10.9. The third-order valence-electron chi connectivity index (χ3n) is 3.08. The second-order valence-corrected chi connectivity index (χ2v) is 5.44. The van der Waals surface area contributed by atoms with Gasteiger partial charge in [-0.2, -0.15) is 0 Å². The highest BCUT2D eigenvalue weighted by atomic mass is 35.5. The maximum atomic E-state index is 10.9. The lowest BCUT2D eigenvalue weighted by atomic mass is 9.76. The minimum absolute atomic E-state index is 0.103. The normalized spacial score (nSPS) is 17.9. The Balaban J connectivity index is 2.48. The van der Waals surface area contributed by atoms with Gasteiger partial charge in [0.2, 0.25) is 0 Å². The molecule has 2 rings (SSSR count). The van der Waals surface area contributed by atoms with E-state index in [4.69, 9.17) is 16.7 Å². The highest BCUT2D eigenvalue weighted by molar-refractivity contribution is 6.32. The summed E-state index contributed by atoms with van der Waals surface area (Å²) < 4.78 is 0. The second kappa shape index (κ2) is 3.74. The van der Waals surface area contributed by atoms with Crippen molar-refractivity contribution in [2.75, 3.05) is 0 Å². The van der Waals surface area contributed by atoms with E-state index in [2.05, 4.69) is 18.8 Å². The molecule has 1 aliphatic carbocycles. The maximum Gasteiger partial charge on any atom is 0.338 e. The van der Waals surface area contributed by atoms with E-state index in [-0.39, 0.29) is 16.1 Å². The molecular weight excluding hydrogens is 226 g/mol. The predicted molar refractivity (Wildman–Crippen MR) is 62.0 cm³/mol. The molecule has 0 fully saturated rings. The largest absolute Gasteiger partial charge is 0.478 e. The smallest absolute Gasteiger partial charge is 0.338 e. The van der Waals surface area contributed by atoms with Gasteiger partial charge in [-0.3, -0.25) is 0 Å². The average molecular weight is 240 g/mol. The van der Waals surface area contributed by atoms with Crippen LogP contribution in [0.25, 0.3) is 0 Å². The van der Waals surface area contributed by atoms with Crippen molar-refractivity contribution in [2.45, 2.75) is 33.1 Å². The molecule has 0 aliphatic heterocycles. The Labute approximate surface area is 99.5 Å². The van der Waals surface area contributed by atoms with Crippen LogP contribution in [-0.2, 0) is 12.8 Å². The van der Waals surface area contributed by atoms with Crippen LogP contribution >= 0.6 is 11.6 Å². The number of pyridine rings is 1. The zero-order chi connectivity index (χ0) is 11.9. The summed E-state index contributed by atoms with van der Waals surface area (Å²) >= 11 is 5.84. The van der Waals surface area contributed by atoms with Crippen molar-refractivity contribution >= 4 is 17.6 Å². The molecule has 0 saturated heterocycles. The summed E-state index contributed by atoms with van der Waals surface area (Å²) in [4.78, 5) is 15.1. The Hall–Kier alpha value is -1.09. The molecule has 1 aliphatic rings. The number of halogens is 1. The lowest BCUT2D eigenvalue weighted by Gasteiger charge is -2.30. The van der Waals surface area contributed by atoms with Crippen LogP contribution < -0.4 is 0 Å². The summed E-state index contributed by atoms with van der Waals surface area (Å²) in [6.45, 7) is 4.37. The zero-order valence-corrected chi connectivity index (χ0v) is 10.1. The number of aromatic nitrogens is 1. The Morgan fingerprint density at radius 3 is 2.88 bits per heavy atom. The first kappa shape index (κ1) is 11.4. The molecule has 0 unspecified atom stereocenters. The third-order valence-corrected chi connectivity index (χ3v) is 3.37. The van der Waals surface area contributed by atoms with Gasteiger partial charge >= 0.3 is 5.97 Å².